The topological polar surface area (TPSA) is 62.5 Å². The second-order valence-electron chi connectivity index (χ2n) is 6.37. The molecule has 3 atom stereocenters. The number of rotatable bonds is 4. The Kier molecular flexibility index (Phi) is 4.53. The second-order valence-corrected chi connectivity index (χ2v) is 6.37. The maximum Gasteiger partial charge on any atom is 0.223 e. The SMILES string of the molecule is Cc1ccc(C(C)(O)CNC(=O)C2CCCC(C)C2)o1. The zero-order valence-electron chi connectivity index (χ0n) is 12.6. The Balaban J connectivity index is 1.89. The Labute approximate surface area is 120 Å². The lowest BCUT2D eigenvalue weighted by atomic mass is 9.82. The molecule has 2 N–H and O–H groups in total. The lowest BCUT2D eigenvalue weighted by molar-refractivity contribution is -0.127. The van der Waals surface area contributed by atoms with Crippen LogP contribution in [-0.2, 0) is 10.4 Å². The molecule has 1 amide bonds. The van der Waals surface area contributed by atoms with E-state index in [2.05, 4.69) is 12.2 Å². The van der Waals surface area contributed by atoms with Crippen LogP contribution in [0.4, 0.5) is 0 Å². The van der Waals surface area contributed by atoms with Gasteiger partial charge in [0.05, 0.1) is 6.54 Å². The molecule has 0 aromatic carbocycles. The summed E-state index contributed by atoms with van der Waals surface area (Å²) < 4.78 is 5.44. The predicted octanol–water partition coefficient (Wildman–Crippen LogP) is 2.74. The van der Waals surface area contributed by atoms with Crippen molar-refractivity contribution in [2.75, 3.05) is 6.54 Å². The first kappa shape index (κ1) is 15.1. The Morgan fingerprint density at radius 2 is 2.25 bits per heavy atom. The summed E-state index contributed by atoms with van der Waals surface area (Å²) in [5.74, 6) is 2.01. The fourth-order valence-electron chi connectivity index (χ4n) is 2.89. The molecule has 0 spiro atoms. The molecule has 3 unspecified atom stereocenters. The summed E-state index contributed by atoms with van der Waals surface area (Å²) in [6.07, 6.45) is 4.24. The highest BCUT2D eigenvalue weighted by Gasteiger charge is 2.30. The van der Waals surface area contributed by atoms with E-state index in [0.29, 0.717) is 11.7 Å². The zero-order chi connectivity index (χ0) is 14.8. The number of hydrogen-bond acceptors (Lipinski definition) is 3. The van der Waals surface area contributed by atoms with E-state index in [1.54, 1.807) is 13.0 Å². The highest BCUT2D eigenvalue weighted by atomic mass is 16.4. The molecule has 1 fully saturated rings. The molecular weight excluding hydrogens is 254 g/mol. The summed E-state index contributed by atoms with van der Waals surface area (Å²) in [7, 11) is 0. The minimum atomic E-state index is -1.16. The first-order valence-corrected chi connectivity index (χ1v) is 7.45. The molecule has 0 bridgehead atoms. The Morgan fingerprint density at radius 1 is 1.50 bits per heavy atom. The van der Waals surface area contributed by atoms with Gasteiger partial charge in [-0.2, -0.15) is 0 Å². The van der Waals surface area contributed by atoms with Gasteiger partial charge in [-0.1, -0.05) is 19.8 Å². The highest BCUT2D eigenvalue weighted by molar-refractivity contribution is 5.78. The van der Waals surface area contributed by atoms with Crippen molar-refractivity contribution in [1.29, 1.82) is 0 Å². The van der Waals surface area contributed by atoms with Crippen molar-refractivity contribution < 1.29 is 14.3 Å². The Morgan fingerprint density at radius 3 is 2.85 bits per heavy atom. The number of aryl methyl sites for hydroxylation is 1. The van der Waals surface area contributed by atoms with E-state index in [0.717, 1.165) is 25.0 Å². The molecule has 4 nitrogen and oxygen atoms in total. The summed E-state index contributed by atoms with van der Waals surface area (Å²) in [4.78, 5) is 12.2. The maximum absolute atomic E-state index is 12.2. The predicted molar refractivity (Wildman–Crippen MR) is 77.1 cm³/mol. The molecule has 1 aliphatic rings. The average molecular weight is 279 g/mol. The first-order valence-electron chi connectivity index (χ1n) is 7.45. The molecule has 4 heteroatoms. The summed E-state index contributed by atoms with van der Waals surface area (Å²) in [6.45, 7) is 5.88. The standard InChI is InChI=1S/C16H25NO3/c1-11-5-4-6-13(9-11)15(18)17-10-16(3,19)14-8-7-12(2)20-14/h7-8,11,13,19H,4-6,9-10H2,1-3H3,(H,17,18). The summed E-state index contributed by atoms with van der Waals surface area (Å²) in [6, 6.07) is 3.57. The molecule has 1 aromatic rings. The number of carbonyl (C=O) groups is 1. The lowest BCUT2D eigenvalue weighted by Crippen LogP contribution is -2.41. The van der Waals surface area contributed by atoms with Crippen molar-refractivity contribution in [2.24, 2.45) is 11.8 Å². The quantitative estimate of drug-likeness (QED) is 0.890. The van der Waals surface area contributed by atoms with Gasteiger partial charge in [0.15, 0.2) is 0 Å². The van der Waals surface area contributed by atoms with Crippen molar-refractivity contribution in [1.82, 2.24) is 5.32 Å². The van der Waals surface area contributed by atoms with Crippen LogP contribution in [0.15, 0.2) is 16.5 Å². The van der Waals surface area contributed by atoms with Crippen LogP contribution in [0.2, 0.25) is 0 Å². The van der Waals surface area contributed by atoms with Gasteiger partial charge < -0.3 is 14.8 Å². The third kappa shape index (κ3) is 3.63. The molecule has 2 rings (SSSR count). The van der Waals surface area contributed by atoms with Gasteiger partial charge in [0.1, 0.15) is 17.1 Å². The van der Waals surface area contributed by atoms with Gasteiger partial charge in [0.2, 0.25) is 5.91 Å². The van der Waals surface area contributed by atoms with E-state index in [4.69, 9.17) is 4.42 Å². The number of furan rings is 1. The third-order valence-electron chi connectivity index (χ3n) is 4.19. The van der Waals surface area contributed by atoms with Crippen LogP contribution in [-0.4, -0.2) is 17.6 Å². The van der Waals surface area contributed by atoms with Gasteiger partial charge in [-0.25, -0.2) is 0 Å². The molecular formula is C16H25NO3. The van der Waals surface area contributed by atoms with E-state index in [1.807, 2.05) is 13.0 Å². The van der Waals surface area contributed by atoms with E-state index in [-0.39, 0.29) is 18.4 Å². The normalized spacial score (nSPS) is 26.0. The lowest BCUT2D eigenvalue weighted by Gasteiger charge is -2.27. The largest absolute Gasteiger partial charge is 0.463 e. The van der Waals surface area contributed by atoms with Crippen molar-refractivity contribution in [3.63, 3.8) is 0 Å². The summed E-state index contributed by atoms with van der Waals surface area (Å²) in [5, 5.41) is 13.3. The van der Waals surface area contributed by atoms with E-state index < -0.39 is 5.60 Å². The van der Waals surface area contributed by atoms with Crippen molar-refractivity contribution in [3.8, 4) is 0 Å². The number of carbonyl (C=O) groups excluding carboxylic acids is 1. The molecule has 1 saturated carbocycles. The highest BCUT2D eigenvalue weighted by Crippen LogP contribution is 2.29. The van der Waals surface area contributed by atoms with Crippen molar-refractivity contribution >= 4 is 5.91 Å². The van der Waals surface area contributed by atoms with Gasteiger partial charge in [0, 0.05) is 5.92 Å². The van der Waals surface area contributed by atoms with Crippen molar-refractivity contribution in [2.45, 2.75) is 52.1 Å². The molecule has 1 heterocycles. The van der Waals surface area contributed by atoms with Gasteiger partial charge in [-0.3, -0.25) is 4.79 Å². The molecule has 0 radical (unpaired) electrons. The van der Waals surface area contributed by atoms with Gasteiger partial charge in [-0.05, 0) is 44.7 Å². The van der Waals surface area contributed by atoms with Crippen LogP contribution in [0, 0.1) is 18.8 Å². The average Bonchev–Trinajstić information content (AvgIpc) is 2.83. The van der Waals surface area contributed by atoms with Crippen LogP contribution < -0.4 is 5.32 Å². The second kappa shape index (κ2) is 6.00. The van der Waals surface area contributed by atoms with Crippen LogP contribution >= 0.6 is 0 Å². The Bertz CT molecular complexity index is 464. The minimum Gasteiger partial charge on any atom is -0.463 e. The molecule has 20 heavy (non-hydrogen) atoms. The molecule has 1 aliphatic carbocycles. The fourth-order valence-corrected chi connectivity index (χ4v) is 2.89. The van der Waals surface area contributed by atoms with E-state index in [9.17, 15) is 9.90 Å². The van der Waals surface area contributed by atoms with Crippen molar-refractivity contribution in [3.05, 3.63) is 23.7 Å². The molecule has 112 valence electrons. The number of hydrogen-bond donors (Lipinski definition) is 2. The zero-order valence-corrected chi connectivity index (χ0v) is 12.6. The fraction of sp³-hybridized carbons (Fsp3) is 0.688. The van der Waals surface area contributed by atoms with Crippen LogP contribution in [0.5, 0.6) is 0 Å². The minimum absolute atomic E-state index is 0.0557. The van der Waals surface area contributed by atoms with Crippen LogP contribution in [0.3, 0.4) is 0 Å². The summed E-state index contributed by atoms with van der Waals surface area (Å²) in [5.41, 5.74) is -1.16. The summed E-state index contributed by atoms with van der Waals surface area (Å²) >= 11 is 0. The number of nitrogens with one attached hydrogen (secondary N) is 1. The maximum atomic E-state index is 12.2. The Hall–Kier alpha value is -1.29. The van der Waals surface area contributed by atoms with E-state index >= 15 is 0 Å². The van der Waals surface area contributed by atoms with Gasteiger partial charge in [-0.15, -0.1) is 0 Å². The van der Waals surface area contributed by atoms with Gasteiger partial charge >= 0.3 is 0 Å². The van der Waals surface area contributed by atoms with Crippen LogP contribution in [0.1, 0.15) is 51.1 Å². The smallest absolute Gasteiger partial charge is 0.223 e. The molecule has 1 aromatic heterocycles. The number of amides is 1. The van der Waals surface area contributed by atoms with E-state index in [1.165, 1.54) is 6.42 Å². The third-order valence-corrected chi connectivity index (χ3v) is 4.19. The van der Waals surface area contributed by atoms with Gasteiger partial charge in [0.25, 0.3) is 0 Å². The monoisotopic (exact) mass is 279 g/mol. The molecule has 0 saturated heterocycles. The number of aliphatic hydroxyl groups is 1. The molecule has 0 aliphatic heterocycles. The van der Waals surface area contributed by atoms with Crippen LogP contribution in [0.25, 0.3) is 0 Å². The first-order chi connectivity index (χ1) is 9.38.